The zero-order valence-corrected chi connectivity index (χ0v) is 10.5. The van der Waals surface area contributed by atoms with Crippen molar-refractivity contribution in [1.29, 1.82) is 0 Å². The molecule has 2 aromatic rings. The van der Waals surface area contributed by atoms with E-state index >= 15 is 0 Å². The Morgan fingerprint density at radius 1 is 1.47 bits per heavy atom. The molecule has 88 valence electrons. The van der Waals surface area contributed by atoms with Gasteiger partial charge in [-0.15, -0.1) is 10.2 Å². The van der Waals surface area contributed by atoms with Crippen LogP contribution in [-0.4, -0.2) is 21.3 Å². The summed E-state index contributed by atoms with van der Waals surface area (Å²) in [5.74, 6) is -0.999. The van der Waals surface area contributed by atoms with E-state index in [0.717, 1.165) is 5.01 Å². The molecule has 0 saturated carbocycles. The average molecular weight is 267 g/mol. The zero-order valence-electron chi connectivity index (χ0n) is 8.88. The highest BCUT2D eigenvalue weighted by molar-refractivity contribution is 8.01. The number of aromatic carboxylic acids is 1. The Bertz CT molecular complexity index is 568. The molecule has 0 aliphatic rings. The van der Waals surface area contributed by atoms with E-state index in [1.165, 1.54) is 29.2 Å². The first kappa shape index (κ1) is 11.9. The van der Waals surface area contributed by atoms with Crippen LogP contribution < -0.4 is 5.73 Å². The molecule has 1 aromatic heterocycles. The number of carboxylic acid groups (broad SMARTS) is 1. The number of nitrogens with zero attached hydrogens (tertiary/aromatic N) is 2. The summed E-state index contributed by atoms with van der Waals surface area (Å²) in [4.78, 5) is 11.6. The molecular weight excluding hydrogens is 258 g/mol. The molecule has 0 spiro atoms. The normalized spacial score (nSPS) is 10.4. The molecule has 0 amide bonds. The summed E-state index contributed by atoms with van der Waals surface area (Å²) in [5.41, 5.74) is 6.40. The number of aromatic nitrogens is 2. The van der Waals surface area contributed by atoms with E-state index in [1.54, 1.807) is 12.1 Å². The lowest BCUT2D eigenvalue weighted by Crippen LogP contribution is -2.01. The number of carboxylic acids is 1. The number of rotatable bonds is 3. The van der Waals surface area contributed by atoms with Crippen LogP contribution in [-0.2, 0) is 0 Å². The molecule has 0 aliphatic heterocycles. The number of benzene rings is 1. The molecule has 0 fully saturated rings. The van der Waals surface area contributed by atoms with Crippen molar-refractivity contribution < 1.29 is 9.90 Å². The van der Waals surface area contributed by atoms with Gasteiger partial charge in [-0.05, 0) is 19.1 Å². The molecule has 2 rings (SSSR count). The molecule has 0 radical (unpaired) electrons. The van der Waals surface area contributed by atoms with E-state index in [2.05, 4.69) is 10.2 Å². The summed E-state index contributed by atoms with van der Waals surface area (Å²) in [5, 5.41) is 17.7. The van der Waals surface area contributed by atoms with Crippen LogP contribution in [0.5, 0.6) is 0 Å². The van der Waals surface area contributed by atoms with Crippen molar-refractivity contribution in [2.75, 3.05) is 5.73 Å². The Balaban J connectivity index is 2.40. The monoisotopic (exact) mass is 267 g/mol. The number of nitrogens with two attached hydrogens (primary N) is 1. The molecule has 0 bridgehead atoms. The molecule has 0 aliphatic carbocycles. The number of anilines is 1. The minimum absolute atomic E-state index is 0.183. The van der Waals surface area contributed by atoms with Crippen LogP contribution in [0.25, 0.3) is 0 Å². The van der Waals surface area contributed by atoms with Crippen molar-refractivity contribution in [3.05, 3.63) is 28.8 Å². The van der Waals surface area contributed by atoms with Crippen LogP contribution in [0.2, 0.25) is 0 Å². The predicted molar refractivity (Wildman–Crippen MR) is 66.6 cm³/mol. The van der Waals surface area contributed by atoms with Crippen LogP contribution in [0.4, 0.5) is 5.69 Å². The molecule has 1 heterocycles. The summed E-state index contributed by atoms with van der Waals surface area (Å²) in [6, 6.07) is 4.81. The molecule has 3 N–H and O–H groups in total. The average Bonchev–Trinajstić information content (AvgIpc) is 2.67. The van der Waals surface area contributed by atoms with Gasteiger partial charge >= 0.3 is 5.97 Å². The van der Waals surface area contributed by atoms with E-state index in [9.17, 15) is 4.79 Å². The molecule has 5 nitrogen and oxygen atoms in total. The highest BCUT2D eigenvalue weighted by Crippen LogP contribution is 2.36. The van der Waals surface area contributed by atoms with Crippen molar-refractivity contribution in [3.8, 4) is 0 Å². The van der Waals surface area contributed by atoms with Crippen molar-refractivity contribution in [2.24, 2.45) is 0 Å². The van der Waals surface area contributed by atoms with E-state index in [0.29, 0.717) is 14.9 Å². The summed E-state index contributed by atoms with van der Waals surface area (Å²) in [6.45, 7) is 1.84. The Morgan fingerprint density at radius 2 is 2.24 bits per heavy atom. The molecule has 7 heteroatoms. The third-order valence-electron chi connectivity index (χ3n) is 1.97. The first-order valence-electron chi connectivity index (χ1n) is 4.67. The van der Waals surface area contributed by atoms with Gasteiger partial charge in [0, 0.05) is 5.69 Å². The van der Waals surface area contributed by atoms with Crippen molar-refractivity contribution in [3.63, 3.8) is 0 Å². The smallest absolute Gasteiger partial charge is 0.336 e. The van der Waals surface area contributed by atoms with E-state index in [-0.39, 0.29) is 5.56 Å². The topological polar surface area (TPSA) is 89.1 Å². The number of aryl methyl sites for hydroxylation is 1. The summed E-state index contributed by atoms with van der Waals surface area (Å²) in [6.07, 6.45) is 0. The highest BCUT2D eigenvalue weighted by Gasteiger charge is 2.15. The fourth-order valence-corrected chi connectivity index (χ4v) is 3.15. The van der Waals surface area contributed by atoms with E-state index in [1.807, 2.05) is 6.92 Å². The minimum Gasteiger partial charge on any atom is -0.478 e. The molecule has 0 unspecified atom stereocenters. The number of carbonyl (C=O) groups is 1. The van der Waals surface area contributed by atoms with Gasteiger partial charge in [0.15, 0.2) is 4.34 Å². The second-order valence-electron chi connectivity index (χ2n) is 3.22. The fraction of sp³-hybridized carbons (Fsp3) is 0.100. The molecule has 1 aromatic carbocycles. The fourth-order valence-electron chi connectivity index (χ4n) is 1.24. The quantitative estimate of drug-likeness (QED) is 0.829. The van der Waals surface area contributed by atoms with Gasteiger partial charge in [-0.2, -0.15) is 0 Å². The Morgan fingerprint density at radius 3 is 2.82 bits per heavy atom. The van der Waals surface area contributed by atoms with Crippen LogP contribution in [0.15, 0.2) is 27.4 Å². The van der Waals surface area contributed by atoms with E-state index < -0.39 is 5.97 Å². The SMILES string of the molecule is Cc1nnc(Sc2c(N)cccc2C(=O)O)s1. The first-order valence-corrected chi connectivity index (χ1v) is 6.31. The molecule has 0 saturated heterocycles. The van der Waals surface area contributed by atoms with Gasteiger partial charge in [-0.3, -0.25) is 0 Å². The van der Waals surface area contributed by atoms with Gasteiger partial charge in [0.05, 0.1) is 10.5 Å². The lowest BCUT2D eigenvalue weighted by molar-refractivity contribution is 0.0693. The largest absolute Gasteiger partial charge is 0.478 e. The number of hydrogen-bond acceptors (Lipinski definition) is 6. The lowest BCUT2D eigenvalue weighted by atomic mass is 10.2. The third kappa shape index (κ3) is 2.56. The number of hydrogen-bond donors (Lipinski definition) is 2. The van der Waals surface area contributed by atoms with Crippen LogP contribution in [0.3, 0.4) is 0 Å². The third-order valence-corrected chi connectivity index (χ3v) is 4.02. The summed E-state index contributed by atoms with van der Waals surface area (Å²) < 4.78 is 0.683. The zero-order chi connectivity index (χ0) is 12.4. The first-order chi connectivity index (χ1) is 8.08. The second-order valence-corrected chi connectivity index (χ2v) is 5.66. The van der Waals surface area contributed by atoms with Crippen molar-refractivity contribution in [1.82, 2.24) is 10.2 Å². The summed E-state index contributed by atoms with van der Waals surface area (Å²) in [7, 11) is 0. The predicted octanol–water partition coefficient (Wildman–Crippen LogP) is 2.28. The number of nitrogen functional groups attached to an aromatic ring is 1. The van der Waals surface area contributed by atoms with Gasteiger partial charge < -0.3 is 10.8 Å². The maximum Gasteiger partial charge on any atom is 0.336 e. The summed E-state index contributed by atoms with van der Waals surface area (Å²) >= 11 is 2.63. The lowest BCUT2D eigenvalue weighted by Gasteiger charge is -2.06. The Hall–Kier alpha value is -1.60. The van der Waals surface area contributed by atoms with Crippen molar-refractivity contribution in [2.45, 2.75) is 16.2 Å². The van der Waals surface area contributed by atoms with Gasteiger partial charge in [-0.25, -0.2) is 4.79 Å². The van der Waals surface area contributed by atoms with Gasteiger partial charge in [0.25, 0.3) is 0 Å². The van der Waals surface area contributed by atoms with Crippen molar-refractivity contribution >= 4 is 34.8 Å². The standard InChI is InChI=1S/C10H9N3O2S2/c1-5-12-13-10(16-5)17-8-6(9(14)15)3-2-4-7(8)11/h2-4H,11H2,1H3,(H,14,15). The van der Waals surface area contributed by atoms with Crippen LogP contribution in [0, 0.1) is 6.92 Å². The minimum atomic E-state index is -0.999. The van der Waals surface area contributed by atoms with Crippen LogP contribution >= 0.6 is 23.1 Å². The maximum atomic E-state index is 11.1. The van der Waals surface area contributed by atoms with Gasteiger partial charge in [-0.1, -0.05) is 29.2 Å². The maximum absolute atomic E-state index is 11.1. The molecule has 0 atom stereocenters. The van der Waals surface area contributed by atoms with Crippen LogP contribution in [0.1, 0.15) is 15.4 Å². The van der Waals surface area contributed by atoms with E-state index in [4.69, 9.17) is 10.8 Å². The van der Waals surface area contributed by atoms with Gasteiger partial charge in [0.1, 0.15) is 5.01 Å². The molecular formula is C10H9N3O2S2. The molecule has 17 heavy (non-hydrogen) atoms. The Kier molecular flexibility index (Phi) is 3.30. The van der Waals surface area contributed by atoms with Gasteiger partial charge in [0.2, 0.25) is 0 Å². The Labute approximate surface area is 106 Å². The second kappa shape index (κ2) is 4.72. The highest BCUT2D eigenvalue weighted by atomic mass is 32.2.